The summed E-state index contributed by atoms with van der Waals surface area (Å²) >= 11 is 0. The molecule has 0 fully saturated rings. The van der Waals surface area contributed by atoms with E-state index >= 15 is 0 Å². The summed E-state index contributed by atoms with van der Waals surface area (Å²) in [6.07, 6.45) is 1.16. The van der Waals surface area contributed by atoms with Crippen LogP contribution in [0.2, 0.25) is 0 Å². The molecule has 1 rings (SSSR count). The van der Waals surface area contributed by atoms with E-state index in [0.717, 1.165) is 6.08 Å². The van der Waals surface area contributed by atoms with E-state index in [1.165, 1.54) is 0 Å². The van der Waals surface area contributed by atoms with Crippen molar-refractivity contribution in [2.75, 3.05) is 0 Å². The van der Waals surface area contributed by atoms with Gasteiger partial charge in [-0.05, 0) is 5.41 Å². The smallest absolute Gasteiger partial charge is 0.314 e. The third-order valence-corrected chi connectivity index (χ3v) is 2.26. The molecule has 1 atom stereocenters. The summed E-state index contributed by atoms with van der Waals surface area (Å²) in [5, 5.41) is 18.1. The molecule has 4 nitrogen and oxygen atoms in total. The lowest BCUT2D eigenvalue weighted by atomic mass is 9.71. The predicted octanol–water partition coefficient (Wildman–Crippen LogP) is 1.13. The molecule has 0 spiro atoms. The molecule has 0 heterocycles. The molecule has 0 saturated heterocycles. The van der Waals surface area contributed by atoms with Crippen molar-refractivity contribution in [3.8, 4) is 0 Å². The van der Waals surface area contributed by atoms with Gasteiger partial charge in [-0.3, -0.25) is 9.59 Å². The van der Waals surface area contributed by atoms with Gasteiger partial charge < -0.3 is 10.2 Å². The van der Waals surface area contributed by atoms with Crippen LogP contribution in [-0.2, 0) is 9.59 Å². The number of aliphatic carboxylic acids is 1. The number of hydrogen-bond donors (Lipinski definition) is 2. The van der Waals surface area contributed by atoms with Crippen LogP contribution >= 0.6 is 0 Å². The van der Waals surface area contributed by atoms with Gasteiger partial charge in [0.25, 0.3) is 0 Å². The number of rotatable bonds is 1. The fraction of sp³-hybridized carbons (Fsp3) is 0.556. The fourth-order valence-electron chi connectivity index (χ4n) is 1.71. The Labute approximate surface area is 75.9 Å². The van der Waals surface area contributed by atoms with Crippen LogP contribution in [0.5, 0.6) is 0 Å². The molecule has 1 aliphatic carbocycles. The van der Waals surface area contributed by atoms with Gasteiger partial charge >= 0.3 is 5.97 Å². The van der Waals surface area contributed by atoms with Crippen molar-refractivity contribution in [2.45, 2.75) is 20.3 Å². The SMILES string of the molecule is CC1(C)CC(=O)C=C(O)C1C(=O)O. The molecule has 0 aliphatic heterocycles. The summed E-state index contributed by atoms with van der Waals surface area (Å²) in [6, 6.07) is 0. The first-order valence-corrected chi connectivity index (χ1v) is 4.01. The van der Waals surface area contributed by atoms with E-state index in [0.29, 0.717) is 0 Å². The minimum atomic E-state index is -1.09. The Morgan fingerprint density at radius 3 is 2.54 bits per heavy atom. The molecular formula is C9H12O4. The molecule has 13 heavy (non-hydrogen) atoms. The van der Waals surface area contributed by atoms with E-state index < -0.39 is 17.3 Å². The normalized spacial score (nSPS) is 26.8. The maximum Gasteiger partial charge on any atom is 0.314 e. The van der Waals surface area contributed by atoms with Crippen LogP contribution in [0.1, 0.15) is 20.3 Å². The number of carboxylic acid groups (broad SMARTS) is 1. The second-order valence-corrected chi connectivity index (χ2v) is 3.97. The molecule has 0 aromatic heterocycles. The third kappa shape index (κ3) is 1.71. The first kappa shape index (κ1) is 9.77. The quantitative estimate of drug-likeness (QED) is 0.640. The molecule has 1 aliphatic rings. The molecule has 0 bridgehead atoms. The van der Waals surface area contributed by atoms with Crippen molar-refractivity contribution in [3.63, 3.8) is 0 Å². The highest BCUT2D eigenvalue weighted by Gasteiger charge is 2.42. The third-order valence-electron chi connectivity index (χ3n) is 2.26. The van der Waals surface area contributed by atoms with Crippen LogP contribution in [0.3, 0.4) is 0 Å². The number of hydrogen-bond acceptors (Lipinski definition) is 3. The number of carboxylic acids is 1. The van der Waals surface area contributed by atoms with E-state index in [-0.39, 0.29) is 18.0 Å². The van der Waals surface area contributed by atoms with Crippen molar-refractivity contribution in [1.29, 1.82) is 0 Å². The maximum atomic E-state index is 11.0. The standard InChI is InChI=1S/C9H12O4/c1-9(2)4-5(10)3-6(11)7(9)8(12)13/h3,7,11H,4H2,1-2H3,(H,12,13). The second kappa shape index (κ2) is 2.87. The van der Waals surface area contributed by atoms with Gasteiger partial charge in [0.1, 0.15) is 11.7 Å². The first-order chi connectivity index (χ1) is 5.84. The molecule has 0 radical (unpaired) electrons. The molecule has 0 saturated carbocycles. The number of carbonyl (C=O) groups excluding carboxylic acids is 1. The highest BCUT2D eigenvalue weighted by molar-refractivity contribution is 5.94. The zero-order valence-electron chi connectivity index (χ0n) is 7.57. The lowest BCUT2D eigenvalue weighted by Gasteiger charge is -2.32. The van der Waals surface area contributed by atoms with E-state index in [2.05, 4.69) is 0 Å². The summed E-state index contributed by atoms with van der Waals surface area (Å²) in [5.74, 6) is -2.62. The molecule has 4 heteroatoms. The Balaban J connectivity index is 3.10. The van der Waals surface area contributed by atoms with Crippen molar-refractivity contribution < 1.29 is 19.8 Å². The second-order valence-electron chi connectivity index (χ2n) is 3.97. The van der Waals surface area contributed by atoms with Crippen LogP contribution < -0.4 is 0 Å². The molecule has 0 aromatic carbocycles. The number of allylic oxidation sites excluding steroid dienone is 1. The lowest BCUT2D eigenvalue weighted by Crippen LogP contribution is -2.37. The van der Waals surface area contributed by atoms with E-state index in [1.807, 2.05) is 0 Å². The monoisotopic (exact) mass is 184 g/mol. The highest BCUT2D eigenvalue weighted by atomic mass is 16.4. The van der Waals surface area contributed by atoms with Crippen LogP contribution in [-0.4, -0.2) is 22.0 Å². The Bertz CT molecular complexity index is 288. The summed E-state index contributed by atoms with van der Waals surface area (Å²) in [5.41, 5.74) is -0.707. The van der Waals surface area contributed by atoms with E-state index in [1.54, 1.807) is 13.8 Å². The van der Waals surface area contributed by atoms with Crippen molar-refractivity contribution in [3.05, 3.63) is 11.8 Å². The molecule has 72 valence electrons. The van der Waals surface area contributed by atoms with Crippen molar-refractivity contribution >= 4 is 11.8 Å². The minimum absolute atomic E-state index is 0.161. The number of carbonyl (C=O) groups is 2. The van der Waals surface area contributed by atoms with E-state index in [9.17, 15) is 14.7 Å². The topological polar surface area (TPSA) is 74.6 Å². The van der Waals surface area contributed by atoms with Crippen LogP contribution in [0.4, 0.5) is 0 Å². The summed E-state index contributed by atoms with van der Waals surface area (Å²) in [7, 11) is 0. The summed E-state index contributed by atoms with van der Waals surface area (Å²) < 4.78 is 0. The Hall–Kier alpha value is -1.32. The number of aliphatic hydroxyl groups is 1. The van der Waals surface area contributed by atoms with Crippen LogP contribution in [0.25, 0.3) is 0 Å². The minimum Gasteiger partial charge on any atom is -0.511 e. The van der Waals surface area contributed by atoms with Gasteiger partial charge in [0.2, 0.25) is 0 Å². The highest BCUT2D eigenvalue weighted by Crippen LogP contribution is 2.38. The summed E-state index contributed by atoms with van der Waals surface area (Å²) in [4.78, 5) is 21.8. The lowest BCUT2D eigenvalue weighted by molar-refractivity contribution is -0.146. The molecular weight excluding hydrogens is 172 g/mol. The zero-order valence-corrected chi connectivity index (χ0v) is 7.57. The number of ketones is 1. The predicted molar refractivity (Wildman–Crippen MR) is 45.2 cm³/mol. The molecule has 1 unspecified atom stereocenters. The van der Waals surface area contributed by atoms with Gasteiger partial charge in [-0.2, -0.15) is 0 Å². The molecule has 0 aromatic rings. The van der Waals surface area contributed by atoms with Crippen molar-refractivity contribution in [2.24, 2.45) is 11.3 Å². The van der Waals surface area contributed by atoms with Gasteiger partial charge in [0.05, 0.1) is 0 Å². The fourth-order valence-corrected chi connectivity index (χ4v) is 1.71. The zero-order chi connectivity index (χ0) is 10.2. The Kier molecular flexibility index (Phi) is 2.15. The van der Waals surface area contributed by atoms with Gasteiger partial charge in [-0.1, -0.05) is 13.8 Å². The van der Waals surface area contributed by atoms with Gasteiger partial charge in [0, 0.05) is 12.5 Å². The van der Waals surface area contributed by atoms with Gasteiger partial charge in [-0.25, -0.2) is 0 Å². The van der Waals surface area contributed by atoms with Crippen LogP contribution in [0.15, 0.2) is 11.8 Å². The van der Waals surface area contributed by atoms with Crippen molar-refractivity contribution in [1.82, 2.24) is 0 Å². The maximum absolute atomic E-state index is 11.0. The first-order valence-electron chi connectivity index (χ1n) is 4.01. The number of aliphatic hydroxyl groups excluding tert-OH is 1. The molecule has 2 N–H and O–H groups in total. The van der Waals surface area contributed by atoms with Gasteiger partial charge in [0.15, 0.2) is 5.78 Å². The van der Waals surface area contributed by atoms with E-state index in [4.69, 9.17) is 5.11 Å². The largest absolute Gasteiger partial charge is 0.511 e. The Morgan fingerprint density at radius 2 is 2.15 bits per heavy atom. The summed E-state index contributed by atoms with van der Waals surface area (Å²) in [6.45, 7) is 3.32. The van der Waals surface area contributed by atoms with Crippen LogP contribution in [0, 0.1) is 11.3 Å². The average Bonchev–Trinajstić information content (AvgIpc) is 1.78. The average molecular weight is 184 g/mol. The Morgan fingerprint density at radius 1 is 1.62 bits per heavy atom. The van der Waals surface area contributed by atoms with Gasteiger partial charge in [-0.15, -0.1) is 0 Å². The molecule has 0 amide bonds.